The van der Waals surface area contributed by atoms with Gasteiger partial charge in [0.15, 0.2) is 0 Å². The van der Waals surface area contributed by atoms with Crippen LogP contribution in [0.25, 0.3) is 0 Å². The molecule has 1 aliphatic rings. The van der Waals surface area contributed by atoms with Gasteiger partial charge in [-0.15, -0.1) is 0 Å². The minimum absolute atomic E-state index is 0.113. The second-order valence-electron chi connectivity index (χ2n) is 3.69. The molecular formula is C11H13BrN2O. The SMILES string of the molecule is O=C(Nc1ccc(Br)cc1)C1CCNC1. The van der Waals surface area contributed by atoms with Crippen LogP contribution < -0.4 is 10.6 Å². The fourth-order valence-corrected chi connectivity index (χ4v) is 1.92. The molecule has 1 aromatic rings. The smallest absolute Gasteiger partial charge is 0.228 e. The molecule has 0 saturated carbocycles. The number of benzene rings is 1. The molecule has 0 radical (unpaired) electrons. The van der Waals surface area contributed by atoms with Gasteiger partial charge in [0.2, 0.25) is 5.91 Å². The molecule has 1 unspecified atom stereocenters. The Labute approximate surface area is 97.4 Å². The Kier molecular flexibility index (Phi) is 3.38. The molecule has 0 spiro atoms. The van der Waals surface area contributed by atoms with Gasteiger partial charge in [-0.3, -0.25) is 4.79 Å². The van der Waals surface area contributed by atoms with Crippen LogP contribution in [0.4, 0.5) is 5.69 Å². The van der Waals surface area contributed by atoms with Gasteiger partial charge < -0.3 is 10.6 Å². The van der Waals surface area contributed by atoms with E-state index in [1.807, 2.05) is 24.3 Å². The molecule has 2 N–H and O–H groups in total. The Bertz CT molecular complexity index is 344. The molecule has 1 fully saturated rings. The number of halogens is 1. The molecule has 0 bridgehead atoms. The molecule has 15 heavy (non-hydrogen) atoms. The molecule has 1 aromatic carbocycles. The van der Waals surface area contributed by atoms with Crippen LogP contribution in [0.1, 0.15) is 6.42 Å². The molecule has 2 rings (SSSR count). The minimum atomic E-state index is 0.113. The molecule has 1 saturated heterocycles. The fraction of sp³-hybridized carbons (Fsp3) is 0.364. The molecule has 1 atom stereocenters. The lowest BCUT2D eigenvalue weighted by molar-refractivity contribution is -0.119. The van der Waals surface area contributed by atoms with Crippen molar-refractivity contribution in [3.05, 3.63) is 28.7 Å². The van der Waals surface area contributed by atoms with E-state index in [9.17, 15) is 4.79 Å². The zero-order chi connectivity index (χ0) is 10.7. The summed E-state index contributed by atoms with van der Waals surface area (Å²) in [5.41, 5.74) is 0.857. The van der Waals surface area contributed by atoms with Crippen molar-refractivity contribution >= 4 is 27.5 Å². The predicted octanol–water partition coefficient (Wildman–Crippen LogP) is 2.00. The maximum absolute atomic E-state index is 11.7. The molecule has 0 aromatic heterocycles. The zero-order valence-corrected chi connectivity index (χ0v) is 9.88. The quantitative estimate of drug-likeness (QED) is 0.862. The summed E-state index contributed by atoms with van der Waals surface area (Å²) in [4.78, 5) is 11.7. The lowest BCUT2D eigenvalue weighted by Crippen LogP contribution is -2.24. The normalized spacial score (nSPS) is 20.2. The van der Waals surface area contributed by atoms with Crippen LogP contribution in [0.3, 0.4) is 0 Å². The van der Waals surface area contributed by atoms with Crippen LogP contribution >= 0.6 is 15.9 Å². The predicted molar refractivity (Wildman–Crippen MR) is 63.7 cm³/mol. The maximum Gasteiger partial charge on any atom is 0.228 e. The molecule has 80 valence electrons. The lowest BCUT2D eigenvalue weighted by Gasteiger charge is -2.09. The van der Waals surface area contributed by atoms with E-state index < -0.39 is 0 Å². The van der Waals surface area contributed by atoms with Crippen molar-refractivity contribution in [3.63, 3.8) is 0 Å². The molecule has 4 heteroatoms. The van der Waals surface area contributed by atoms with Crippen molar-refractivity contribution in [2.75, 3.05) is 18.4 Å². The first-order valence-corrected chi connectivity index (χ1v) is 5.82. The monoisotopic (exact) mass is 268 g/mol. The Hall–Kier alpha value is -0.870. The van der Waals surface area contributed by atoms with Gasteiger partial charge in [0, 0.05) is 16.7 Å². The van der Waals surface area contributed by atoms with Gasteiger partial charge in [-0.05, 0) is 37.2 Å². The fourth-order valence-electron chi connectivity index (χ4n) is 1.66. The number of amides is 1. The Morgan fingerprint density at radius 3 is 2.73 bits per heavy atom. The van der Waals surface area contributed by atoms with Crippen molar-refractivity contribution in [2.24, 2.45) is 5.92 Å². The summed E-state index contributed by atoms with van der Waals surface area (Å²) < 4.78 is 1.02. The Morgan fingerprint density at radius 2 is 2.13 bits per heavy atom. The summed E-state index contributed by atoms with van der Waals surface area (Å²) in [6, 6.07) is 7.62. The van der Waals surface area contributed by atoms with Gasteiger partial charge in [-0.2, -0.15) is 0 Å². The van der Waals surface area contributed by atoms with E-state index >= 15 is 0 Å². The molecular weight excluding hydrogens is 256 g/mol. The van der Waals surface area contributed by atoms with Crippen molar-refractivity contribution in [2.45, 2.75) is 6.42 Å². The molecule has 1 heterocycles. The number of rotatable bonds is 2. The Morgan fingerprint density at radius 1 is 1.40 bits per heavy atom. The maximum atomic E-state index is 11.7. The lowest BCUT2D eigenvalue weighted by atomic mass is 10.1. The number of nitrogens with one attached hydrogen (secondary N) is 2. The summed E-state index contributed by atoms with van der Waals surface area (Å²) in [5.74, 6) is 0.232. The van der Waals surface area contributed by atoms with E-state index in [0.717, 1.165) is 29.7 Å². The highest BCUT2D eigenvalue weighted by atomic mass is 79.9. The molecule has 0 aliphatic carbocycles. The van der Waals surface area contributed by atoms with E-state index in [1.165, 1.54) is 0 Å². The van der Waals surface area contributed by atoms with Crippen LogP contribution in [0.15, 0.2) is 28.7 Å². The van der Waals surface area contributed by atoms with Crippen molar-refractivity contribution in [1.29, 1.82) is 0 Å². The summed E-state index contributed by atoms with van der Waals surface area (Å²) in [6.45, 7) is 1.74. The number of hydrogen-bond donors (Lipinski definition) is 2. The van der Waals surface area contributed by atoms with Crippen molar-refractivity contribution in [1.82, 2.24) is 5.32 Å². The number of carbonyl (C=O) groups is 1. The molecule has 1 amide bonds. The first kappa shape index (κ1) is 10.6. The van der Waals surface area contributed by atoms with Crippen molar-refractivity contribution in [3.8, 4) is 0 Å². The van der Waals surface area contributed by atoms with Gasteiger partial charge in [-0.1, -0.05) is 15.9 Å². The van der Waals surface area contributed by atoms with Gasteiger partial charge >= 0.3 is 0 Å². The summed E-state index contributed by atoms with van der Waals surface area (Å²) in [5, 5.41) is 6.09. The molecule has 1 aliphatic heterocycles. The molecule has 3 nitrogen and oxygen atoms in total. The second-order valence-corrected chi connectivity index (χ2v) is 4.60. The highest BCUT2D eigenvalue weighted by Gasteiger charge is 2.22. The zero-order valence-electron chi connectivity index (χ0n) is 8.29. The minimum Gasteiger partial charge on any atom is -0.326 e. The third-order valence-corrected chi connectivity index (χ3v) is 3.07. The van der Waals surface area contributed by atoms with Crippen LogP contribution in [0.2, 0.25) is 0 Å². The van der Waals surface area contributed by atoms with E-state index in [2.05, 4.69) is 26.6 Å². The van der Waals surface area contributed by atoms with E-state index in [1.54, 1.807) is 0 Å². The average Bonchev–Trinajstić information content (AvgIpc) is 2.74. The van der Waals surface area contributed by atoms with Gasteiger partial charge in [0.05, 0.1) is 5.92 Å². The van der Waals surface area contributed by atoms with Crippen LogP contribution in [-0.4, -0.2) is 19.0 Å². The van der Waals surface area contributed by atoms with E-state index in [-0.39, 0.29) is 11.8 Å². The number of carbonyl (C=O) groups excluding carboxylic acids is 1. The summed E-state index contributed by atoms with van der Waals surface area (Å²) >= 11 is 3.36. The van der Waals surface area contributed by atoms with Gasteiger partial charge in [0.1, 0.15) is 0 Å². The standard InChI is InChI=1S/C11H13BrN2O/c12-9-1-3-10(4-2-9)14-11(15)8-5-6-13-7-8/h1-4,8,13H,5-7H2,(H,14,15). The third-order valence-electron chi connectivity index (χ3n) is 2.54. The topological polar surface area (TPSA) is 41.1 Å². The van der Waals surface area contributed by atoms with E-state index in [0.29, 0.717) is 0 Å². The first-order chi connectivity index (χ1) is 7.25. The van der Waals surface area contributed by atoms with Gasteiger partial charge in [0.25, 0.3) is 0 Å². The average molecular weight is 269 g/mol. The van der Waals surface area contributed by atoms with Crippen LogP contribution in [0, 0.1) is 5.92 Å². The third kappa shape index (κ3) is 2.79. The van der Waals surface area contributed by atoms with Gasteiger partial charge in [-0.25, -0.2) is 0 Å². The van der Waals surface area contributed by atoms with Crippen LogP contribution in [-0.2, 0) is 4.79 Å². The second kappa shape index (κ2) is 4.77. The summed E-state index contributed by atoms with van der Waals surface area (Å²) in [6.07, 6.45) is 0.933. The van der Waals surface area contributed by atoms with Crippen molar-refractivity contribution < 1.29 is 4.79 Å². The number of hydrogen-bond acceptors (Lipinski definition) is 2. The van der Waals surface area contributed by atoms with Crippen LogP contribution in [0.5, 0.6) is 0 Å². The highest BCUT2D eigenvalue weighted by molar-refractivity contribution is 9.10. The largest absolute Gasteiger partial charge is 0.326 e. The van der Waals surface area contributed by atoms with E-state index in [4.69, 9.17) is 0 Å². The first-order valence-electron chi connectivity index (χ1n) is 5.03. The number of anilines is 1. The Balaban J connectivity index is 1.96. The highest BCUT2D eigenvalue weighted by Crippen LogP contribution is 2.16. The summed E-state index contributed by atoms with van der Waals surface area (Å²) in [7, 11) is 0.